The van der Waals surface area contributed by atoms with E-state index in [0.29, 0.717) is 11.3 Å². The number of rotatable bonds is 2. The zero-order chi connectivity index (χ0) is 15.6. The summed E-state index contributed by atoms with van der Waals surface area (Å²) in [6.45, 7) is 1.94. The minimum Gasteiger partial charge on any atom is -0.333 e. The van der Waals surface area contributed by atoms with Crippen LogP contribution in [0.2, 0.25) is 0 Å². The molecule has 0 unspecified atom stereocenters. The largest absolute Gasteiger partial charge is 0.333 e. The summed E-state index contributed by atoms with van der Waals surface area (Å²) < 4.78 is 3.18. The number of carbonyl (C=O) groups excluding carboxylic acids is 2. The van der Waals surface area contributed by atoms with Gasteiger partial charge in [0.1, 0.15) is 5.69 Å². The van der Waals surface area contributed by atoms with Gasteiger partial charge in [-0.1, -0.05) is 17.7 Å². The maximum Gasteiger partial charge on any atom is 0.286 e. The second kappa shape index (κ2) is 6.44. The van der Waals surface area contributed by atoms with Gasteiger partial charge in [-0.05, 0) is 57.0 Å². The number of nitrogens with one attached hydrogen (secondary N) is 2. The molecular weight excluding hydrogens is 402 g/mol. The van der Waals surface area contributed by atoms with Crippen LogP contribution in [0.4, 0.5) is 0 Å². The van der Waals surface area contributed by atoms with Gasteiger partial charge in [0.2, 0.25) is 0 Å². The van der Waals surface area contributed by atoms with Crippen LogP contribution < -0.4 is 10.9 Å². The molecule has 0 spiro atoms. The summed E-state index contributed by atoms with van der Waals surface area (Å²) >= 11 is 6.66. The number of halogens is 2. The molecule has 1 heterocycles. The summed E-state index contributed by atoms with van der Waals surface area (Å²) in [5.74, 6) is -0.764. The Morgan fingerprint density at radius 3 is 2.14 bits per heavy atom. The van der Waals surface area contributed by atoms with Gasteiger partial charge in [-0.3, -0.25) is 20.4 Å². The first-order chi connectivity index (χ1) is 9.90. The number of hydrazine groups is 1. The molecule has 0 saturated heterocycles. The average molecular weight is 415 g/mol. The number of carbonyl (C=O) groups is 2. The van der Waals surface area contributed by atoms with Gasteiger partial charge in [0.15, 0.2) is 0 Å². The Morgan fingerprint density at radius 1 is 1.05 bits per heavy atom. The van der Waals surface area contributed by atoms with Gasteiger partial charge in [-0.2, -0.15) is 0 Å². The maximum atomic E-state index is 12.0. The lowest BCUT2D eigenvalue weighted by molar-refractivity contribution is 0.0842. The minimum atomic E-state index is -0.399. The molecular formula is C14H13Br2N3O2. The first kappa shape index (κ1) is 15.8. The van der Waals surface area contributed by atoms with Crippen LogP contribution in [0.25, 0.3) is 0 Å². The Labute approximate surface area is 138 Å². The first-order valence-electron chi connectivity index (χ1n) is 6.08. The third-order valence-electron chi connectivity index (χ3n) is 2.95. The summed E-state index contributed by atoms with van der Waals surface area (Å²) in [5, 5.41) is 0. The molecule has 0 fully saturated rings. The third-order valence-corrected chi connectivity index (χ3v) is 5.05. The van der Waals surface area contributed by atoms with E-state index in [1.165, 1.54) is 0 Å². The van der Waals surface area contributed by atoms with Crippen molar-refractivity contribution in [2.75, 3.05) is 0 Å². The van der Waals surface area contributed by atoms with E-state index >= 15 is 0 Å². The Kier molecular flexibility index (Phi) is 4.84. The van der Waals surface area contributed by atoms with Crippen molar-refractivity contribution < 1.29 is 9.59 Å². The molecule has 0 aliphatic rings. The Morgan fingerprint density at radius 2 is 1.62 bits per heavy atom. The van der Waals surface area contributed by atoms with Crippen molar-refractivity contribution in [1.82, 2.24) is 15.4 Å². The van der Waals surface area contributed by atoms with Crippen LogP contribution in [0.3, 0.4) is 0 Å². The smallest absolute Gasteiger partial charge is 0.286 e. The molecule has 1 aromatic carbocycles. The highest BCUT2D eigenvalue weighted by Crippen LogP contribution is 2.25. The van der Waals surface area contributed by atoms with E-state index in [1.807, 2.05) is 19.1 Å². The van der Waals surface area contributed by atoms with Crippen LogP contribution in [0, 0.1) is 6.92 Å². The van der Waals surface area contributed by atoms with E-state index in [1.54, 1.807) is 29.8 Å². The monoisotopic (exact) mass is 413 g/mol. The number of nitrogens with zero attached hydrogens (tertiary/aromatic N) is 1. The van der Waals surface area contributed by atoms with Crippen LogP contribution in [0.1, 0.15) is 26.4 Å². The molecule has 0 aliphatic heterocycles. The zero-order valence-corrected chi connectivity index (χ0v) is 14.6. The molecule has 7 heteroatoms. The van der Waals surface area contributed by atoms with Crippen LogP contribution in [0.5, 0.6) is 0 Å². The Bertz CT molecular complexity index is 693. The number of amides is 2. The van der Waals surface area contributed by atoms with Crippen molar-refractivity contribution in [2.24, 2.45) is 7.05 Å². The van der Waals surface area contributed by atoms with E-state index in [2.05, 4.69) is 42.7 Å². The quantitative estimate of drug-likeness (QED) is 0.742. The fourth-order valence-corrected chi connectivity index (χ4v) is 2.50. The lowest BCUT2D eigenvalue weighted by Crippen LogP contribution is -2.42. The molecule has 2 aromatic rings. The number of aryl methyl sites for hydroxylation is 1. The van der Waals surface area contributed by atoms with Gasteiger partial charge in [0, 0.05) is 12.6 Å². The fourth-order valence-electron chi connectivity index (χ4n) is 1.71. The van der Waals surface area contributed by atoms with Crippen LogP contribution in [-0.2, 0) is 7.05 Å². The lowest BCUT2D eigenvalue weighted by atomic mass is 10.1. The predicted octanol–water partition coefficient (Wildman–Crippen LogP) is 2.93. The topological polar surface area (TPSA) is 63.1 Å². The molecule has 0 saturated carbocycles. The summed E-state index contributed by atoms with van der Waals surface area (Å²) in [4.78, 5) is 23.9. The van der Waals surface area contributed by atoms with Crippen LogP contribution in [-0.4, -0.2) is 16.4 Å². The van der Waals surface area contributed by atoms with E-state index < -0.39 is 5.91 Å². The van der Waals surface area contributed by atoms with Crippen molar-refractivity contribution in [2.45, 2.75) is 6.92 Å². The summed E-state index contributed by atoms with van der Waals surface area (Å²) in [6.07, 6.45) is 0. The standard InChI is InChI=1S/C14H13Br2N3O2/c1-8-3-5-9(6-4-8)13(20)17-18-14(21)11-7-10(15)12(16)19(11)2/h3-7H,1-2H3,(H,17,20)(H,18,21). The molecule has 21 heavy (non-hydrogen) atoms. The molecule has 0 atom stereocenters. The number of hydrogen-bond donors (Lipinski definition) is 2. The van der Waals surface area contributed by atoms with Crippen molar-refractivity contribution in [3.8, 4) is 0 Å². The second-order valence-corrected chi connectivity index (χ2v) is 6.11. The summed E-state index contributed by atoms with van der Waals surface area (Å²) in [5.41, 5.74) is 6.74. The first-order valence-corrected chi connectivity index (χ1v) is 7.67. The Balaban J connectivity index is 2.02. The molecule has 5 nitrogen and oxygen atoms in total. The van der Waals surface area contributed by atoms with Gasteiger partial charge in [-0.25, -0.2) is 0 Å². The average Bonchev–Trinajstić information content (AvgIpc) is 2.73. The molecule has 2 rings (SSSR count). The lowest BCUT2D eigenvalue weighted by Gasteiger charge is -2.08. The van der Waals surface area contributed by atoms with E-state index in [4.69, 9.17) is 0 Å². The van der Waals surface area contributed by atoms with E-state index in [9.17, 15) is 9.59 Å². The molecule has 1 aromatic heterocycles. The van der Waals surface area contributed by atoms with Crippen molar-refractivity contribution in [3.63, 3.8) is 0 Å². The normalized spacial score (nSPS) is 10.3. The number of aromatic nitrogens is 1. The van der Waals surface area contributed by atoms with Crippen LogP contribution >= 0.6 is 31.9 Å². The molecule has 0 radical (unpaired) electrons. The predicted molar refractivity (Wildman–Crippen MR) is 86.9 cm³/mol. The SMILES string of the molecule is Cc1ccc(C(=O)NNC(=O)c2cc(Br)c(Br)n2C)cc1. The molecule has 110 valence electrons. The molecule has 2 N–H and O–H groups in total. The van der Waals surface area contributed by atoms with Gasteiger partial charge >= 0.3 is 0 Å². The molecule has 2 amide bonds. The highest BCUT2D eigenvalue weighted by molar-refractivity contribution is 9.13. The van der Waals surface area contributed by atoms with E-state index in [0.717, 1.165) is 14.6 Å². The van der Waals surface area contributed by atoms with Gasteiger partial charge in [0.25, 0.3) is 11.8 Å². The third kappa shape index (κ3) is 3.54. The highest BCUT2D eigenvalue weighted by Gasteiger charge is 2.16. The van der Waals surface area contributed by atoms with Gasteiger partial charge in [-0.15, -0.1) is 0 Å². The van der Waals surface area contributed by atoms with E-state index in [-0.39, 0.29) is 5.91 Å². The van der Waals surface area contributed by atoms with Crippen molar-refractivity contribution in [3.05, 3.63) is 56.2 Å². The summed E-state index contributed by atoms with van der Waals surface area (Å²) in [7, 11) is 1.74. The van der Waals surface area contributed by atoms with Gasteiger partial charge in [0.05, 0.1) is 9.08 Å². The zero-order valence-electron chi connectivity index (χ0n) is 11.4. The Hall–Kier alpha value is -1.60. The molecule has 0 bridgehead atoms. The second-order valence-electron chi connectivity index (χ2n) is 4.50. The summed E-state index contributed by atoms with van der Waals surface area (Å²) in [6, 6.07) is 8.74. The minimum absolute atomic E-state index is 0.365. The number of benzene rings is 1. The van der Waals surface area contributed by atoms with Crippen molar-refractivity contribution in [1.29, 1.82) is 0 Å². The number of hydrogen-bond acceptors (Lipinski definition) is 2. The highest BCUT2D eigenvalue weighted by atomic mass is 79.9. The van der Waals surface area contributed by atoms with Gasteiger partial charge < -0.3 is 4.57 Å². The maximum absolute atomic E-state index is 12.0. The van der Waals surface area contributed by atoms with Crippen LogP contribution in [0.15, 0.2) is 39.4 Å². The van der Waals surface area contributed by atoms with Crippen molar-refractivity contribution >= 4 is 43.7 Å². The molecule has 0 aliphatic carbocycles. The fraction of sp³-hybridized carbons (Fsp3) is 0.143.